The van der Waals surface area contributed by atoms with E-state index in [1.54, 1.807) is 4.68 Å². The fourth-order valence-electron chi connectivity index (χ4n) is 2.96. The van der Waals surface area contributed by atoms with Crippen LogP contribution in [0.25, 0.3) is 0 Å². The van der Waals surface area contributed by atoms with Gasteiger partial charge in [0, 0.05) is 5.41 Å². The number of rotatable bonds is 3. The third-order valence-electron chi connectivity index (χ3n) is 3.88. The van der Waals surface area contributed by atoms with Crippen molar-refractivity contribution in [2.24, 2.45) is 0 Å². The Bertz CT molecular complexity index is 496. The van der Waals surface area contributed by atoms with Gasteiger partial charge in [-0.05, 0) is 12.8 Å². The summed E-state index contributed by atoms with van der Waals surface area (Å²) >= 11 is 0. The summed E-state index contributed by atoms with van der Waals surface area (Å²) in [5.74, 6) is -1.07. The van der Waals surface area contributed by atoms with E-state index in [1.807, 2.05) is 20.8 Å². The summed E-state index contributed by atoms with van der Waals surface area (Å²) in [5.41, 5.74) is -0.620. The number of nitrogens with zero attached hydrogens (tertiary/aromatic N) is 3. The number of aliphatic hydroxyl groups is 1. The minimum atomic E-state index is -1.07. The highest BCUT2D eigenvalue weighted by Gasteiger charge is 2.35. The zero-order valence-corrected chi connectivity index (χ0v) is 12.4. The first-order valence-corrected chi connectivity index (χ1v) is 7.13. The Hall–Kier alpha value is -1.43. The summed E-state index contributed by atoms with van der Waals surface area (Å²) in [6.45, 7) is 6.11. The molecule has 6 heteroatoms. The molecule has 0 amide bonds. The van der Waals surface area contributed by atoms with Crippen molar-refractivity contribution in [2.75, 3.05) is 0 Å². The summed E-state index contributed by atoms with van der Waals surface area (Å²) in [6.07, 6.45) is 4.62. The summed E-state index contributed by atoms with van der Waals surface area (Å²) in [7, 11) is 0. The smallest absolute Gasteiger partial charge is 0.358 e. The van der Waals surface area contributed by atoms with Crippen molar-refractivity contribution in [1.82, 2.24) is 15.0 Å². The zero-order valence-electron chi connectivity index (χ0n) is 12.4. The van der Waals surface area contributed by atoms with E-state index in [0.29, 0.717) is 12.2 Å². The van der Waals surface area contributed by atoms with E-state index in [0.717, 1.165) is 32.1 Å². The number of aromatic nitrogens is 3. The van der Waals surface area contributed by atoms with E-state index in [-0.39, 0.29) is 11.1 Å². The molecular formula is C14H23N3O3. The number of hydrogen-bond acceptors (Lipinski definition) is 4. The van der Waals surface area contributed by atoms with Crippen molar-refractivity contribution >= 4 is 5.97 Å². The first-order chi connectivity index (χ1) is 9.23. The van der Waals surface area contributed by atoms with Crippen LogP contribution in [0.4, 0.5) is 0 Å². The molecule has 1 aliphatic carbocycles. The normalized spacial score (nSPS) is 19.0. The molecule has 1 aliphatic rings. The average molecular weight is 281 g/mol. The molecule has 0 bridgehead atoms. The summed E-state index contributed by atoms with van der Waals surface area (Å²) in [4.78, 5) is 11.3. The molecule has 0 atom stereocenters. The van der Waals surface area contributed by atoms with Gasteiger partial charge in [-0.25, -0.2) is 9.48 Å². The molecule has 0 unspecified atom stereocenters. The molecule has 6 nitrogen and oxygen atoms in total. The second-order valence-corrected chi connectivity index (χ2v) is 6.78. The molecule has 0 saturated heterocycles. The molecule has 1 aromatic rings. The summed E-state index contributed by atoms with van der Waals surface area (Å²) in [6, 6.07) is 0. The largest absolute Gasteiger partial charge is 0.476 e. The summed E-state index contributed by atoms with van der Waals surface area (Å²) in [5, 5.41) is 27.6. The Kier molecular flexibility index (Phi) is 3.86. The molecule has 1 fully saturated rings. The van der Waals surface area contributed by atoms with Crippen LogP contribution in [0.15, 0.2) is 0 Å². The molecule has 0 radical (unpaired) electrons. The maximum absolute atomic E-state index is 11.3. The Morgan fingerprint density at radius 2 is 1.90 bits per heavy atom. The van der Waals surface area contributed by atoms with Crippen molar-refractivity contribution in [3.63, 3.8) is 0 Å². The molecule has 1 saturated carbocycles. The van der Waals surface area contributed by atoms with Gasteiger partial charge in [0.2, 0.25) is 0 Å². The van der Waals surface area contributed by atoms with Gasteiger partial charge in [-0.3, -0.25) is 0 Å². The van der Waals surface area contributed by atoms with Crippen LogP contribution in [-0.2, 0) is 12.0 Å². The molecule has 2 rings (SSSR count). The standard InChI is InChI=1S/C14H23N3O3/c1-13(2,3)11-10(12(18)19)15-16-17(11)9-14(20)7-5-4-6-8-14/h20H,4-9H2,1-3H3,(H,18,19). The van der Waals surface area contributed by atoms with Gasteiger partial charge < -0.3 is 10.2 Å². The van der Waals surface area contributed by atoms with Gasteiger partial charge in [0.1, 0.15) is 0 Å². The van der Waals surface area contributed by atoms with E-state index < -0.39 is 11.6 Å². The van der Waals surface area contributed by atoms with Crippen molar-refractivity contribution < 1.29 is 15.0 Å². The van der Waals surface area contributed by atoms with Crippen molar-refractivity contribution in [1.29, 1.82) is 0 Å². The van der Waals surface area contributed by atoms with Crippen LogP contribution < -0.4 is 0 Å². The lowest BCUT2D eigenvalue weighted by Gasteiger charge is -2.33. The van der Waals surface area contributed by atoms with E-state index in [9.17, 15) is 15.0 Å². The quantitative estimate of drug-likeness (QED) is 0.884. The zero-order chi connectivity index (χ0) is 15.0. The van der Waals surface area contributed by atoms with E-state index in [2.05, 4.69) is 10.3 Å². The van der Waals surface area contributed by atoms with Crippen LogP contribution >= 0.6 is 0 Å². The Balaban J connectivity index is 2.34. The Morgan fingerprint density at radius 3 is 2.40 bits per heavy atom. The Labute approximate surface area is 118 Å². The van der Waals surface area contributed by atoms with Crippen molar-refractivity contribution in [3.8, 4) is 0 Å². The topological polar surface area (TPSA) is 88.2 Å². The molecule has 0 aliphatic heterocycles. The van der Waals surface area contributed by atoms with Crippen LogP contribution in [0, 0.1) is 0 Å². The lowest BCUT2D eigenvalue weighted by atomic mass is 9.84. The lowest BCUT2D eigenvalue weighted by molar-refractivity contribution is -0.0158. The number of hydrogen-bond donors (Lipinski definition) is 2. The van der Waals surface area contributed by atoms with Crippen molar-refractivity contribution in [2.45, 2.75) is 70.4 Å². The Morgan fingerprint density at radius 1 is 1.30 bits per heavy atom. The van der Waals surface area contributed by atoms with Gasteiger partial charge in [0.05, 0.1) is 17.8 Å². The van der Waals surface area contributed by atoms with Crippen LogP contribution in [0.1, 0.15) is 69.1 Å². The molecule has 1 aromatic heterocycles. The van der Waals surface area contributed by atoms with Gasteiger partial charge in [-0.15, -0.1) is 5.10 Å². The molecule has 1 heterocycles. The molecular weight excluding hydrogens is 258 g/mol. The predicted molar refractivity (Wildman–Crippen MR) is 73.7 cm³/mol. The number of aromatic carboxylic acids is 1. The first-order valence-electron chi connectivity index (χ1n) is 7.13. The maximum atomic E-state index is 11.3. The van der Waals surface area contributed by atoms with Crippen LogP contribution in [0.3, 0.4) is 0 Å². The molecule has 20 heavy (non-hydrogen) atoms. The second kappa shape index (κ2) is 5.16. The minimum absolute atomic E-state index is 0.0168. The lowest BCUT2D eigenvalue weighted by Crippen LogP contribution is -2.38. The van der Waals surface area contributed by atoms with Gasteiger partial charge in [-0.2, -0.15) is 0 Å². The van der Waals surface area contributed by atoms with Crippen LogP contribution in [0.2, 0.25) is 0 Å². The second-order valence-electron chi connectivity index (χ2n) is 6.78. The number of carbonyl (C=O) groups is 1. The van der Waals surface area contributed by atoms with E-state index >= 15 is 0 Å². The molecule has 0 aromatic carbocycles. The third kappa shape index (κ3) is 3.00. The highest BCUT2D eigenvalue weighted by molar-refractivity contribution is 5.86. The van der Waals surface area contributed by atoms with Crippen LogP contribution in [0.5, 0.6) is 0 Å². The third-order valence-corrected chi connectivity index (χ3v) is 3.88. The fraction of sp³-hybridized carbons (Fsp3) is 0.786. The minimum Gasteiger partial charge on any atom is -0.476 e. The molecule has 2 N–H and O–H groups in total. The summed E-state index contributed by atoms with van der Waals surface area (Å²) < 4.78 is 1.58. The van der Waals surface area contributed by atoms with Crippen molar-refractivity contribution in [3.05, 3.63) is 11.4 Å². The maximum Gasteiger partial charge on any atom is 0.358 e. The highest BCUT2D eigenvalue weighted by atomic mass is 16.4. The molecule has 0 spiro atoms. The van der Waals surface area contributed by atoms with E-state index in [1.165, 1.54) is 0 Å². The fourth-order valence-corrected chi connectivity index (χ4v) is 2.96. The van der Waals surface area contributed by atoms with E-state index in [4.69, 9.17) is 0 Å². The number of carboxylic acids is 1. The van der Waals surface area contributed by atoms with Gasteiger partial charge in [0.15, 0.2) is 5.69 Å². The predicted octanol–water partition coefficient (Wildman–Crippen LogP) is 1.97. The van der Waals surface area contributed by atoms with Gasteiger partial charge in [0.25, 0.3) is 0 Å². The molecule has 112 valence electrons. The average Bonchev–Trinajstić information content (AvgIpc) is 2.72. The monoisotopic (exact) mass is 281 g/mol. The number of carboxylic acid groups (broad SMARTS) is 1. The van der Waals surface area contributed by atoms with Crippen LogP contribution in [-0.4, -0.2) is 36.8 Å². The van der Waals surface area contributed by atoms with Gasteiger partial charge >= 0.3 is 5.97 Å². The first kappa shape index (κ1) is 15.0. The SMILES string of the molecule is CC(C)(C)c1c(C(=O)O)nnn1CC1(O)CCCCC1. The highest BCUT2D eigenvalue weighted by Crippen LogP contribution is 2.32. The van der Waals surface area contributed by atoms with Gasteiger partial charge in [-0.1, -0.05) is 45.2 Å².